The Balaban J connectivity index is 1.16. The largest absolute Gasteiger partial charge is 0.491 e. The van der Waals surface area contributed by atoms with Crippen molar-refractivity contribution in [3.05, 3.63) is 59.7 Å². The van der Waals surface area contributed by atoms with Crippen LogP contribution in [-0.4, -0.2) is 24.4 Å². The molecule has 4 aliphatic carbocycles. The predicted molar refractivity (Wildman–Crippen MR) is 117 cm³/mol. The third-order valence-corrected chi connectivity index (χ3v) is 7.62. The molecule has 0 radical (unpaired) electrons. The molecule has 0 aliphatic heterocycles. The number of aliphatic hydroxyl groups excluding tert-OH is 1. The van der Waals surface area contributed by atoms with Crippen LogP contribution in [0.25, 0.3) is 0 Å². The molecule has 1 unspecified atom stereocenters. The Hall–Kier alpha value is -2.00. The third-order valence-electron chi connectivity index (χ3n) is 7.62. The van der Waals surface area contributed by atoms with Crippen molar-refractivity contribution in [2.45, 2.75) is 57.0 Å². The molecule has 3 nitrogen and oxygen atoms in total. The van der Waals surface area contributed by atoms with E-state index in [9.17, 15) is 5.11 Å². The van der Waals surface area contributed by atoms with Crippen molar-refractivity contribution in [1.82, 2.24) is 0 Å². The number of anilines is 1. The van der Waals surface area contributed by atoms with Crippen molar-refractivity contribution >= 4 is 5.69 Å². The molecule has 2 N–H and O–H groups in total. The highest BCUT2D eigenvalue weighted by atomic mass is 16.5. The smallest absolute Gasteiger partial charge is 0.119 e. The van der Waals surface area contributed by atoms with E-state index in [1.165, 1.54) is 49.7 Å². The number of ether oxygens (including phenoxy) is 1. The van der Waals surface area contributed by atoms with Crippen molar-refractivity contribution in [3.8, 4) is 5.75 Å². The van der Waals surface area contributed by atoms with Gasteiger partial charge in [0.2, 0.25) is 0 Å². The summed E-state index contributed by atoms with van der Waals surface area (Å²) in [5.74, 6) is 3.75. The van der Waals surface area contributed by atoms with Crippen molar-refractivity contribution < 1.29 is 9.84 Å². The average molecular weight is 392 g/mol. The molecule has 1 atom stereocenters. The molecule has 154 valence electrons. The van der Waals surface area contributed by atoms with Crippen LogP contribution in [0.1, 0.15) is 49.7 Å². The number of aliphatic hydroxyl groups is 1. The summed E-state index contributed by atoms with van der Waals surface area (Å²) < 4.78 is 5.87. The Bertz CT molecular complexity index is 809. The minimum atomic E-state index is -0.544. The highest BCUT2D eigenvalue weighted by Crippen LogP contribution is 2.60. The first-order chi connectivity index (χ1) is 14.1. The van der Waals surface area contributed by atoms with Crippen molar-refractivity contribution in [1.29, 1.82) is 0 Å². The molecular weight excluding hydrogens is 358 g/mol. The first kappa shape index (κ1) is 19.0. The van der Waals surface area contributed by atoms with E-state index in [0.717, 1.165) is 29.2 Å². The highest BCUT2D eigenvalue weighted by molar-refractivity contribution is 5.50. The topological polar surface area (TPSA) is 41.5 Å². The van der Waals surface area contributed by atoms with Gasteiger partial charge in [-0.1, -0.05) is 30.3 Å². The van der Waals surface area contributed by atoms with Crippen molar-refractivity contribution in [3.63, 3.8) is 0 Å². The lowest BCUT2D eigenvalue weighted by Gasteiger charge is -2.57. The number of hydrogen-bond acceptors (Lipinski definition) is 3. The maximum Gasteiger partial charge on any atom is 0.119 e. The number of rotatable bonds is 7. The van der Waals surface area contributed by atoms with E-state index in [1.807, 2.05) is 18.2 Å². The third kappa shape index (κ3) is 3.90. The van der Waals surface area contributed by atoms with Gasteiger partial charge in [-0.3, -0.25) is 0 Å². The molecule has 2 aromatic rings. The van der Waals surface area contributed by atoms with Gasteiger partial charge >= 0.3 is 0 Å². The lowest BCUT2D eigenvalue weighted by atomic mass is 9.48. The van der Waals surface area contributed by atoms with Crippen molar-refractivity contribution in [2.75, 3.05) is 18.5 Å². The molecule has 6 rings (SSSR count). The fourth-order valence-corrected chi connectivity index (χ4v) is 6.62. The minimum absolute atomic E-state index is 0.301. The molecule has 0 saturated heterocycles. The fraction of sp³-hybridized carbons (Fsp3) is 0.538. The van der Waals surface area contributed by atoms with Gasteiger partial charge < -0.3 is 15.2 Å². The quantitative estimate of drug-likeness (QED) is 0.672. The van der Waals surface area contributed by atoms with E-state index in [1.54, 1.807) is 0 Å². The van der Waals surface area contributed by atoms with Gasteiger partial charge in [-0.05, 0) is 97.9 Å². The fourth-order valence-electron chi connectivity index (χ4n) is 6.62. The summed E-state index contributed by atoms with van der Waals surface area (Å²) in [7, 11) is 0. The number of benzene rings is 2. The zero-order valence-corrected chi connectivity index (χ0v) is 17.4. The normalized spacial score (nSPS) is 30.9. The van der Waals surface area contributed by atoms with Gasteiger partial charge in [0.25, 0.3) is 0 Å². The van der Waals surface area contributed by atoms with Gasteiger partial charge in [-0.15, -0.1) is 0 Å². The second-order valence-electron chi connectivity index (χ2n) is 9.88. The van der Waals surface area contributed by atoms with E-state index in [-0.39, 0.29) is 0 Å². The SMILES string of the molecule is Cc1ccccc1NCC(O)COc1ccc(C23CC4CC(CC(C4)C2)C3)cc1. The van der Waals surface area contributed by atoms with Gasteiger partial charge in [-0.25, -0.2) is 0 Å². The Morgan fingerprint density at radius 1 is 0.966 bits per heavy atom. The summed E-state index contributed by atoms with van der Waals surface area (Å²) in [6.45, 7) is 2.85. The molecule has 2 aromatic carbocycles. The zero-order chi connectivity index (χ0) is 19.8. The summed E-state index contributed by atoms with van der Waals surface area (Å²) in [6.07, 6.45) is 8.07. The van der Waals surface area contributed by atoms with Crippen LogP contribution in [0.5, 0.6) is 5.75 Å². The number of para-hydroxylation sites is 1. The monoisotopic (exact) mass is 391 g/mol. The molecule has 4 bridgehead atoms. The molecule has 0 heterocycles. The maximum absolute atomic E-state index is 10.3. The molecule has 4 fully saturated rings. The van der Waals surface area contributed by atoms with Gasteiger partial charge in [-0.2, -0.15) is 0 Å². The van der Waals surface area contributed by atoms with E-state index in [0.29, 0.717) is 18.6 Å². The molecule has 0 amide bonds. The molecule has 4 saturated carbocycles. The summed E-state index contributed by atoms with van der Waals surface area (Å²) in [4.78, 5) is 0. The first-order valence-corrected chi connectivity index (χ1v) is 11.3. The van der Waals surface area contributed by atoms with E-state index in [2.05, 4.69) is 42.6 Å². The highest BCUT2D eigenvalue weighted by Gasteiger charge is 2.51. The Morgan fingerprint density at radius 3 is 2.21 bits per heavy atom. The summed E-state index contributed by atoms with van der Waals surface area (Å²) in [6, 6.07) is 16.9. The summed E-state index contributed by atoms with van der Waals surface area (Å²) in [5, 5.41) is 13.6. The Labute approximate surface area is 174 Å². The molecule has 29 heavy (non-hydrogen) atoms. The van der Waals surface area contributed by atoms with E-state index in [4.69, 9.17) is 4.74 Å². The van der Waals surface area contributed by atoms with Gasteiger partial charge in [0, 0.05) is 12.2 Å². The van der Waals surface area contributed by atoms with Crippen LogP contribution in [0.4, 0.5) is 5.69 Å². The zero-order valence-electron chi connectivity index (χ0n) is 17.4. The number of aryl methyl sites for hydroxylation is 1. The van der Waals surface area contributed by atoms with Crippen LogP contribution < -0.4 is 10.1 Å². The van der Waals surface area contributed by atoms with Crippen LogP contribution in [0.15, 0.2) is 48.5 Å². The lowest BCUT2D eigenvalue weighted by Crippen LogP contribution is -2.48. The van der Waals surface area contributed by atoms with Crippen molar-refractivity contribution in [2.24, 2.45) is 17.8 Å². The second kappa shape index (κ2) is 7.68. The molecule has 0 spiro atoms. The molecular formula is C26H33NO2. The van der Waals surface area contributed by atoms with Crippen LogP contribution in [-0.2, 0) is 5.41 Å². The Morgan fingerprint density at radius 2 is 1.59 bits per heavy atom. The molecule has 4 aliphatic rings. The second-order valence-corrected chi connectivity index (χ2v) is 9.88. The summed E-state index contributed by atoms with van der Waals surface area (Å²) in [5.41, 5.74) is 4.20. The summed E-state index contributed by atoms with van der Waals surface area (Å²) >= 11 is 0. The number of nitrogens with one attached hydrogen (secondary N) is 1. The van der Waals surface area contributed by atoms with Crippen LogP contribution in [0.3, 0.4) is 0 Å². The van der Waals surface area contributed by atoms with Gasteiger partial charge in [0.1, 0.15) is 18.5 Å². The van der Waals surface area contributed by atoms with Gasteiger partial charge in [0.15, 0.2) is 0 Å². The average Bonchev–Trinajstić information content (AvgIpc) is 2.71. The molecule has 3 heteroatoms. The number of hydrogen-bond donors (Lipinski definition) is 2. The van der Waals surface area contributed by atoms with Crippen LogP contribution >= 0.6 is 0 Å². The predicted octanol–water partition coefficient (Wildman–Crippen LogP) is 5.31. The van der Waals surface area contributed by atoms with Crippen LogP contribution in [0, 0.1) is 24.7 Å². The van der Waals surface area contributed by atoms with Gasteiger partial charge in [0.05, 0.1) is 0 Å². The lowest BCUT2D eigenvalue weighted by molar-refractivity contribution is -0.00521. The molecule has 0 aromatic heterocycles. The van der Waals surface area contributed by atoms with E-state index < -0.39 is 6.10 Å². The maximum atomic E-state index is 10.3. The van der Waals surface area contributed by atoms with E-state index >= 15 is 0 Å². The standard InChI is InChI=1S/C26H33NO2/c1-18-4-2-3-5-25(18)27-16-23(28)17-29-24-8-6-22(7-9-24)26-13-19-10-20(14-26)12-21(11-19)15-26/h2-9,19-21,23,27-28H,10-17H2,1H3. The Kier molecular flexibility index (Phi) is 5.03. The van der Waals surface area contributed by atoms with Crippen LogP contribution in [0.2, 0.25) is 0 Å². The minimum Gasteiger partial charge on any atom is -0.491 e. The first-order valence-electron chi connectivity index (χ1n) is 11.3.